The van der Waals surface area contributed by atoms with E-state index in [0.29, 0.717) is 5.92 Å². The Hall–Kier alpha value is -1.69. The van der Waals surface area contributed by atoms with Gasteiger partial charge in [0.1, 0.15) is 0 Å². The van der Waals surface area contributed by atoms with Crippen LogP contribution in [-0.2, 0) is 6.42 Å². The van der Waals surface area contributed by atoms with E-state index < -0.39 is 11.6 Å². The van der Waals surface area contributed by atoms with Crippen molar-refractivity contribution in [2.24, 2.45) is 11.8 Å². The van der Waals surface area contributed by atoms with Crippen LogP contribution in [-0.4, -0.2) is 0 Å². The third-order valence-corrected chi connectivity index (χ3v) is 4.65. The Morgan fingerprint density at radius 3 is 2.55 bits per heavy atom. The number of unbranched alkanes of at least 4 members (excludes halogenated alkanes) is 1. The maximum Gasteiger partial charge on any atom is 0.159 e. The van der Waals surface area contributed by atoms with E-state index >= 15 is 0 Å². The van der Waals surface area contributed by atoms with Gasteiger partial charge in [-0.25, -0.2) is 8.78 Å². The van der Waals surface area contributed by atoms with Gasteiger partial charge in [-0.2, -0.15) is 5.26 Å². The van der Waals surface area contributed by atoms with E-state index in [-0.39, 0.29) is 0 Å². The molecule has 22 heavy (non-hydrogen) atoms. The summed E-state index contributed by atoms with van der Waals surface area (Å²) in [7, 11) is 0. The van der Waals surface area contributed by atoms with Gasteiger partial charge >= 0.3 is 0 Å². The molecule has 0 radical (unpaired) electrons. The molecule has 0 aromatic heterocycles. The topological polar surface area (TPSA) is 23.8 Å². The van der Waals surface area contributed by atoms with Crippen molar-refractivity contribution in [1.29, 1.82) is 5.26 Å². The largest absolute Gasteiger partial charge is 0.204 e. The zero-order chi connectivity index (χ0) is 15.8. The SMILES string of the molecule is N#C/C=C/C1CCC(CCCCc2ccc(F)c(F)c2)CC1. The minimum Gasteiger partial charge on any atom is -0.204 e. The third-order valence-electron chi connectivity index (χ3n) is 4.65. The second-order valence-corrected chi connectivity index (χ2v) is 6.26. The average molecular weight is 303 g/mol. The predicted octanol–water partition coefficient (Wildman–Crippen LogP) is 5.56. The van der Waals surface area contributed by atoms with Gasteiger partial charge in [0.05, 0.1) is 6.07 Å². The van der Waals surface area contributed by atoms with Crippen molar-refractivity contribution < 1.29 is 8.78 Å². The van der Waals surface area contributed by atoms with Crippen molar-refractivity contribution in [3.63, 3.8) is 0 Å². The smallest absolute Gasteiger partial charge is 0.159 e. The summed E-state index contributed by atoms with van der Waals surface area (Å²) in [5.74, 6) is -0.151. The molecule has 1 aromatic carbocycles. The Kier molecular flexibility index (Phi) is 6.58. The molecule has 1 aromatic rings. The van der Waals surface area contributed by atoms with Crippen LogP contribution < -0.4 is 0 Å². The van der Waals surface area contributed by atoms with Gasteiger partial charge in [-0.1, -0.05) is 25.0 Å². The van der Waals surface area contributed by atoms with Crippen LogP contribution in [0.1, 0.15) is 50.5 Å². The molecule has 2 rings (SSSR count). The summed E-state index contributed by atoms with van der Waals surface area (Å²) >= 11 is 0. The number of allylic oxidation sites excluding steroid dienone is 2. The summed E-state index contributed by atoms with van der Waals surface area (Å²) in [4.78, 5) is 0. The summed E-state index contributed by atoms with van der Waals surface area (Å²) in [6.45, 7) is 0. The maximum atomic E-state index is 13.1. The van der Waals surface area contributed by atoms with Crippen molar-refractivity contribution in [2.45, 2.75) is 51.4 Å². The zero-order valence-corrected chi connectivity index (χ0v) is 12.9. The van der Waals surface area contributed by atoms with Gasteiger partial charge in [-0.3, -0.25) is 0 Å². The second kappa shape index (κ2) is 8.68. The van der Waals surface area contributed by atoms with Crippen LogP contribution in [0, 0.1) is 34.8 Å². The number of hydrogen-bond acceptors (Lipinski definition) is 1. The van der Waals surface area contributed by atoms with Gasteiger partial charge in [-0.15, -0.1) is 0 Å². The molecule has 0 heterocycles. The fourth-order valence-electron chi connectivity index (χ4n) is 3.31. The highest BCUT2D eigenvalue weighted by molar-refractivity contribution is 5.17. The van der Waals surface area contributed by atoms with Gasteiger partial charge < -0.3 is 0 Å². The van der Waals surface area contributed by atoms with E-state index in [0.717, 1.165) is 30.7 Å². The van der Waals surface area contributed by atoms with Crippen molar-refractivity contribution in [3.8, 4) is 6.07 Å². The first-order valence-corrected chi connectivity index (χ1v) is 8.19. The maximum absolute atomic E-state index is 13.1. The van der Waals surface area contributed by atoms with Gasteiger partial charge in [0.15, 0.2) is 11.6 Å². The van der Waals surface area contributed by atoms with Crippen LogP contribution in [0.25, 0.3) is 0 Å². The minimum absolute atomic E-state index is 0.582. The molecule has 0 spiro atoms. The molecule has 0 aliphatic heterocycles. The molecule has 1 aliphatic carbocycles. The fourth-order valence-corrected chi connectivity index (χ4v) is 3.31. The van der Waals surface area contributed by atoms with E-state index in [1.807, 2.05) is 6.08 Å². The first-order valence-electron chi connectivity index (χ1n) is 8.19. The highest BCUT2D eigenvalue weighted by Gasteiger charge is 2.18. The third kappa shape index (κ3) is 5.26. The molecule has 118 valence electrons. The minimum atomic E-state index is -0.772. The number of nitriles is 1. The van der Waals surface area contributed by atoms with E-state index in [4.69, 9.17) is 5.26 Å². The standard InChI is InChI=1S/C19H23F2N/c20-18-12-11-17(14-19(18)21)5-2-1-4-15-7-9-16(10-8-15)6-3-13-22/h3,6,11-12,14-16H,1-2,4-5,7-10H2/b6-3+. The second-order valence-electron chi connectivity index (χ2n) is 6.26. The van der Waals surface area contributed by atoms with Crippen molar-refractivity contribution >= 4 is 0 Å². The number of halogens is 2. The Morgan fingerprint density at radius 1 is 1.09 bits per heavy atom. The lowest BCUT2D eigenvalue weighted by molar-refractivity contribution is 0.289. The first kappa shape index (κ1) is 16.7. The van der Waals surface area contributed by atoms with E-state index in [2.05, 4.69) is 6.07 Å². The predicted molar refractivity (Wildman–Crippen MR) is 84.1 cm³/mol. The van der Waals surface area contributed by atoms with Crippen LogP contribution in [0.3, 0.4) is 0 Å². The van der Waals surface area contributed by atoms with Crippen LogP contribution in [0.2, 0.25) is 0 Å². The lowest BCUT2D eigenvalue weighted by Crippen LogP contribution is -2.13. The summed E-state index contributed by atoms with van der Waals surface area (Å²) in [5, 5.41) is 8.54. The molecular weight excluding hydrogens is 280 g/mol. The van der Waals surface area contributed by atoms with Gasteiger partial charge in [0.25, 0.3) is 0 Å². The number of nitrogens with zero attached hydrogens (tertiary/aromatic N) is 1. The lowest BCUT2D eigenvalue weighted by Gasteiger charge is -2.26. The van der Waals surface area contributed by atoms with Gasteiger partial charge in [-0.05, 0) is 68.1 Å². The van der Waals surface area contributed by atoms with E-state index in [1.54, 1.807) is 12.1 Å². The molecule has 0 atom stereocenters. The number of aryl methyl sites for hydroxylation is 1. The molecule has 1 aliphatic rings. The summed E-state index contributed by atoms with van der Waals surface area (Å²) in [6.07, 6.45) is 12.7. The van der Waals surface area contributed by atoms with Crippen molar-refractivity contribution in [2.75, 3.05) is 0 Å². The highest BCUT2D eigenvalue weighted by atomic mass is 19.2. The molecule has 0 saturated heterocycles. The molecule has 1 fully saturated rings. The molecule has 0 amide bonds. The normalized spacial score (nSPS) is 21.9. The van der Waals surface area contributed by atoms with Crippen molar-refractivity contribution in [3.05, 3.63) is 47.5 Å². The van der Waals surface area contributed by atoms with E-state index in [1.165, 1.54) is 44.2 Å². The molecule has 0 N–H and O–H groups in total. The Labute approximate surface area is 131 Å². The quantitative estimate of drug-likeness (QED) is 0.498. The number of hydrogen-bond donors (Lipinski definition) is 0. The van der Waals surface area contributed by atoms with Crippen LogP contribution >= 0.6 is 0 Å². The summed E-state index contributed by atoms with van der Waals surface area (Å²) in [5.41, 5.74) is 0.879. The number of rotatable bonds is 6. The van der Waals surface area contributed by atoms with Crippen molar-refractivity contribution in [1.82, 2.24) is 0 Å². The first-order chi connectivity index (χ1) is 10.7. The zero-order valence-electron chi connectivity index (χ0n) is 12.9. The molecule has 0 unspecified atom stereocenters. The Balaban J connectivity index is 1.62. The van der Waals surface area contributed by atoms with Gasteiger partial charge in [0.2, 0.25) is 0 Å². The number of benzene rings is 1. The van der Waals surface area contributed by atoms with Crippen LogP contribution in [0.15, 0.2) is 30.4 Å². The summed E-state index contributed by atoms with van der Waals surface area (Å²) in [6, 6.07) is 6.25. The summed E-state index contributed by atoms with van der Waals surface area (Å²) < 4.78 is 25.9. The molecule has 1 nitrogen and oxygen atoms in total. The molecule has 1 saturated carbocycles. The average Bonchev–Trinajstić information content (AvgIpc) is 2.54. The fraction of sp³-hybridized carbons (Fsp3) is 0.526. The van der Waals surface area contributed by atoms with Gasteiger partial charge in [0, 0.05) is 6.08 Å². The molecule has 3 heteroatoms. The Morgan fingerprint density at radius 2 is 1.86 bits per heavy atom. The molecule has 0 bridgehead atoms. The Bertz CT molecular complexity index is 537. The monoisotopic (exact) mass is 303 g/mol. The van der Waals surface area contributed by atoms with E-state index in [9.17, 15) is 8.78 Å². The highest BCUT2D eigenvalue weighted by Crippen LogP contribution is 2.32. The van der Waals surface area contributed by atoms with Crippen LogP contribution in [0.5, 0.6) is 0 Å². The van der Waals surface area contributed by atoms with Crippen LogP contribution in [0.4, 0.5) is 8.78 Å². The lowest BCUT2D eigenvalue weighted by atomic mass is 9.79. The molecular formula is C19H23F2N.